The van der Waals surface area contributed by atoms with E-state index in [1.54, 1.807) is 12.1 Å². The molecule has 1 fully saturated rings. The molecule has 0 bridgehead atoms. The number of nitrogens with one attached hydrogen (secondary N) is 2. The van der Waals surface area contributed by atoms with E-state index in [9.17, 15) is 14.4 Å². The van der Waals surface area contributed by atoms with E-state index in [0.29, 0.717) is 29.4 Å². The monoisotopic (exact) mass is 431 g/mol. The van der Waals surface area contributed by atoms with E-state index >= 15 is 0 Å². The summed E-state index contributed by atoms with van der Waals surface area (Å²) in [5.41, 5.74) is 4.60. The van der Waals surface area contributed by atoms with Gasteiger partial charge in [-0.1, -0.05) is 31.2 Å². The highest BCUT2D eigenvalue weighted by molar-refractivity contribution is 6.04. The number of amides is 1. The van der Waals surface area contributed by atoms with Crippen LogP contribution in [-0.2, 0) is 6.54 Å². The fourth-order valence-electron chi connectivity index (χ4n) is 4.12. The summed E-state index contributed by atoms with van der Waals surface area (Å²) >= 11 is 0. The first-order valence-corrected chi connectivity index (χ1v) is 11.1. The molecule has 32 heavy (non-hydrogen) atoms. The smallest absolute Gasteiger partial charge is 0.255 e. The van der Waals surface area contributed by atoms with Gasteiger partial charge in [0.25, 0.3) is 16.8 Å². The first kappa shape index (κ1) is 21.8. The van der Waals surface area contributed by atoms with Crippen LogP contribution in [0.5, 0.6) is 0 Å². The van der Waals surface area contributed by atoms with Crippen molar-refractivity contribution < 1.29 is 4.79 Å². The van der Waals surface area contributed by atoms with Gasteiger partial charge in [0, 0.05) is 30.9 Å². The van der Waals surface area contributed by atoms with E-state index < -0.39 is 5.43 Å². The molecule has 0 spiro atoms. The van der Waals surface area contributed by atoms with Gasteiger partial charge in [-0.15, -0.1) is 0 Å². The maximum atomic E-state index is 12.6. The lowest BCUT2D eigenvalue weighted by Crippen LogP contribution is -2.45. The normalized spacial score (nSPS) is 14.5. The number of benzene rings is 2. The molecule has 4 rings (SSSR count). The van der Waals surface area contributed by atoms with Gasteiger partial charge in [-0.05, 0) is 67.5 Å². The van der Waals surface area contributed by atoms with Crippen LogP contribution in [-0.4, -0.2) is 19.0 Å². The number of piperidine rings is 1. The van der Waals surface area contributed by atoms with Gasteiger partial charge >= 0.3 is 0 Å². The minimum absolute atomic E-state index is 0.165. The van der Waals surface area contributed by atoms with E-state index in [1.165, 1.54) is 0 Å². The van der Waals surface area contributed by atoms with E-state index in [2.05, 4.69) is 17.6 Å². The van der Waals surface area contributed by atoms with Crippen LogP contribution in [0.3, 0.4) is 0 Å². The molecular weight excluding hydrogens is 402 g/mol. The number of nitrogens with zero attached hydrogens (tertiary/aromatic N) is 1. The summed E-state index contributed by atoms with van der Waals surface area (Å²) < 4.78 is 0. The van der Waals surface area contributed by atoms with Gasteiger partial charge in [0.05, 0.1) is 0 Å². The highest BCUT2D eigenvalue weighted by Gasteiger charge is 2.28. The summed E-state index contributed by atoms with van der Waals surface area (Å²) in [5.74, 6) is 0.488. The summed E-state index contributed by atoms with van der Waals surface area (Å²) in [7, 11) is 0. The predicted octanol–water partition coefficient (Wildman–Crippen LogP) is 4.00. The average molecular weight is 432 g/mol. The van der Waals surface area contributed by atoms with Gasteiger partial charge in [0.2, 0.25) is 0 Å². The molecule has 1 aliphatic heterocycles. The summed E-state index contributed by atoms with van der Waals surface area (Å²) in [6.45, 7) is 8.25. The Morgan fingerprint density at radius 2 is 1.69 bits per heavy atom. The zero-order chi connectivity index (χ0) is 22.8. The van der Waals surface area contributed by atoms with E-state index in [-0.39, 0.29) is 11.3 Å². The van der Waals surface area contributed by atoms with Crippen LogP contribution < -0.4 is 26.4 Å². The summed E-state index contributed by atoms with van der Waals surface area (Å²) in [5, 5.41) is 6.10. The lowest BCUT2D eigenvalue weighted by atomic mass is 9.98. The Balaban J connectivity index is 1.39. The number of hydrogen-bond acceptors (Lipinski definition) is 5. The van der Waals surface area contributed by atoms with Gasteiger partial charge in [-0.3, -0.25) is 14.4 Å². The Hall–Kier alpha value is -3.41. The third-order valence-electron chi connectivity index (χ3n) is 6.52. The molecule has 6 heteroatoms. The molecule has 6 nitrogen and oxygen atoms in total. The molecule has 166 valence electrons. The molecule has 1 heterocycles. The molecule has 0 atom stereocenters. The number of anilines is 3. The van der Waals surface area contributed by atoms with Crippen LogP contribution in [0.2, 0.25) is 0 Å². The topological polar surface area (TPSA) is 78.5 Å². The van der Waals surface area contributed by atoms with Crippen molar-refractivity contribution in [3.63, 3.8) is 0 Å². The van der Waals surface area contributed by atoms with Crippen molar-refractivity contribution in [3.05, 3.63) is 85.2 Å². The Morgan fingerprint density at radius 1 is 1.00 bits per heavy atom. The van der Waals surface area contributed by atoms with Crippen LogP contribution in [0.25, 0.3) is 0 Å². The van der Waals surface area contributed by atoms with Gasteiger partial charge in [0.1, 0.15) is 11.4 Å². The number of carbonyl (C=O) groups excluding carboxylic acids is 1. The lowest BCUT2D eigenvalue weighted by molar-refractivity contribution is 0.102. The Labute approximate surface area is 188 Å². The molecule has 1 amide bonds. The number of aryl methyl sites for hydroxylation is 1. The van der Waals surface area contributed by atoms with Crippen molar-refractivity contribution in [2.75, 3.05) is 28.6 Å². The molecule has 3 aromatic rings. The summed E-state index contributed by atoms with van der Waals surface area (Å²) in [6, 6.07) is 13.1. The van der Waals surface area contributed by atoms with Crippen molar-refractivity contribution >= 4 is 23.0 Å². The molecule has 0 aliphatic carbocycles. The van der Waals surface area contributed by atoms with Crippen LogP contribution in [0, 0.1) is 19.8 Å². The van der Waals surface area contributed by atoms with Gasteiger partial charge < -0.3 is 15.5 Å². The van der Waals surface area contributed by atoms with E-state index in [0.717, 1.165) is 48.3 Å². The van der Waals surface area contributed by atoms with Crippen LogP contribution in [0.15, 0.2) is 52.1 Å². The fourth-order valence-corrected chi connectivity index (χ4v) is 4.12. The standard InChI is InChI=1S/C26H29N3O3/c1-16-11-13-29(14-12-16)23-22(24(30)25(23)31)27-15-19-7-9-20(10-8-19)26(32)28-21-6-4-5-17(2)18(21)3/h4-10,16,27H,11-15H2,1-3H3,(H,28,32). The minimum atomic E-state index is -0.442. The van der Waals surface area contributed by atoms with E-state index in [1.807, 2.05) is 49.1 Å². The SMILES string of the molecule is Cc1cccc(NC(=O)c2ccc(CNc3c(N4CCC(C)CC4)c(=O)c3=O)cc2)c1C. The first-order chi connectivity index (χ1) is 15.3. The molecule has 1 aliphatic rings. The second kappa shape index (κ2) is 8.99. The quantitative estimate of drug-likeness (QED) is 0.577. The van der Waals surface area contributed by atoms with Crippen molar-refractivity contribution in [1.82, 2.24) is 0 Å². The van der Waals surface area contributed by atoms with Crippen molar-refractivity contribution in [1.29, 1.82) is 0 Å². The lowest BCUT2D eigenvalue weighted by Gasteiger charge is -2.33. The van der Waals surface area contributed by atoms with E-state index in [4.69, 9.17) is 0 Å². The maximum absolute atomic E-state index is 12.6. The average Bonchev–Trinajstić information content (AvgIpc) is 2.80. The third-order valence-corrected chi connectivity index (χ3v) is 6.52. The van der Waals surface area contributed by atoms with Crippen LogP contribution in [0.4, 0.5) is 17.1 Å². The summed E-state index contributed by atoms with van der Waals surface area (Å²) in [6.07, 6.45) is 2.06. The van der Waals surface area contributed by atoms with Crippen molar-refractivity contribution in [2.24, 2.45) is 5.92 Å². The van der Waals surface area contributed by atoms with Crippen LogP contribution >= 0.6 is 0 Å². The van der Waals surface area contributed by atoms with Crippen LogP contribution in [0.1, 0.15) is 46.8 Å². The maximum Gasteiger partial charge on any atom is 0.255 e. The minimum Gasteiger partial charge on any atom is -0.376 e. The number of hydrogen-bond donors (Lipinski definition) is 2. The highest BCUT2D eigenvalue weighted by Crippen LogP contribution is 2.26. The van der Waals surface area contributed by atoms with Gasteiger partial charge in [0.15, 0.2) is 0 Å². The zero-order valence-corrected chi connectivity index (χ0v) is 18.8. The second-order valence-electron chi connectivity index (χ2n) is 8.80. The largest absolute Gasteiger partial charge is 0.376 e. The molecule has 0 saturated carbocycles. The van der Waals surface area contributed by atoms with Crippen molar-refractivity contribution in [2.45, 2.75) is 40.2 Å². The molecular formula is C26H29N3O3. The Bertz CT molecular complexity index is 1200. The Morgan fingerprint density at radius 3 is 2.38 bits per heavy atom. The zero-order valence-electron chi connectivity index (χ0n) is 18.8. The molecule has 3 aromatic carbocycles. The summed E-state index contributed by atoms with van der Waals surface area (Å²) in [4.78, 5) is 38.9. The third kappa shape index (κ3) is 4.31. The van der Waals surface area contributed by atoms with Gasteiger partial charge in [-0.25, -0.2) is 0 Å². The second-order valence-corrected chi connectivity index (χ2v) is 8.80. The first-order valence-electron chi connectivity index (χ1n) is 11.1. The molecule has 0 aromatic heterocycles. The Kier molecular flexibility index (Phi) is 6.12. The van der Waals surface area contributed by atoms with Crippen molar-refractivity contribution in [3.8, 4) is 0 Å². The van der Waals surface area contributed by atoms with Gasteiger partial charge in [-0.2, -0.15) is 0 Å². The number of carbonyl (C=O) groups is 1. The molecule has 2 N–H and O–H groups in total. The molecule has 1 saturated heterocycles. The highest BCUT2D eigenvalue weighted by atomic mass is 16.2. The molecule has 0 unspecified atom stereocenters. The predicted molar refractivity (Wildman–Crippen MR) is 130 cm³/mol. The molecule has 0 radical (unpaired) electrons. The number of rotatable bonds is 6. The fraction of sp³-hybridized carbons (Fsp3) is 0.346.